The van der Waals surface area contributed by atoms with Gasteiger partial charge in [0.1, 0.15) is 0 Å². The van der Waals surface area contributed by atoms with E-state index < -0.39 is 0 Å². The van der Waals surface area contributed by atoms with Crippen molar-refractivity contribution in [3.8, 4) is 0 Å². The molecule has 2 aromatic rings. The number of nitrogens with zero attached hydrogens (tertiary/aromatic N) is 3. The Balaban J connectivity index is 1.34. The van der Waals surface area contributed by atoms with Gasteiger partial charge in [0.2, 0.25) is 0 Å². The van der Waals surface area contributed by atoms with E-state index in [-0.39, 0.29) is 0 Å². The van der Waals surface area contributed by atoms with Crippen molar-refractivity contribution in [2.24, 2.45) is 11.3 Å². The molecular formula is C21H29N3OS. The Morgan fingerprint density at radius 2 is 1.85 bits per heavy atom. The standard InChI is InChI=1S/C21H29N3OS/c25-16-20-15-24(14-19-3-11-26-17-19)10-6-21(20)4-8-23(9-5-21)13-18-2-1-7-22-12-18/h1-3,7,11-12,17,20,25H,4-6,8-10,13-16H2/t20-/m0/s1. The maximum absolute atomic E-state index is 10.1. The van der Waals surface area contributed by atoms with Crippen LogP contribution in [0.4, 0.5) is 0 Å². The van der Waals surface area contributed by atoms with Crippen molar-refractivity contribution in [1.29, 1.82) is 0 Å². The zero-order valence-electron chi connectivity index (χ0n) is 15.4. The third-order valence-electron chi connectivity index (χ3n) is 6.46. The normalized spacial score (nSPS) is 24.1. The minimum absolute atomic E-state index is 0.322. The molecule has 4 heterocycles. The summed E-state index contributed by atoms with van der Waals surface area (Å²) in [7, 11) is 0. The van der Waals surface area contributed by atoms with Gasteiger partial charge >= 0.3 is 0 Å². The molecular weight excluding hydrogens is 342 g/mol. The molecule has 140 valence electrons. The smallest absolute Gasteiger partial charge is 0.0476 e. The Kier molecular flexibility index (Phi) is 5.69. The summed E-state index contributed by atoms with van der Waals surface area (Å²) in [5.74, 6) is 0.412. The average Bonchev–Trinajstić information content (AvgIpc) is 3.19. The van der Waals surface area contributed by atoms with Crippen molar-refractivity contribution in [3.63, 3.8) is 0 Å². The molecule has 26 heavy (non-hydrogen) atoms. The van der Waals surface area contributed by atoms with Gasteiger partial charge in [0.25, 0.3) is 0 Å². The molecule has 0 amide bonds. The molecule has 2 aromatic heterocycles. The number of aliphatic hydroxyl groups excluding tert-OH is 1. The van der Waals surface area contributed by atoms with Crippen molar-refractivity contribution in [3.05, 3.63) is 52.5 Å². The molecule has 1 spiro atoms. The number of likely N-dealkylation sites (tertiary alicyclic amines) is 2. The SMILES string of the molecule is OC[C@@H]1CN(Cc2ccsc2)CCC12CCN(Cc1cccnc1)CC2. The summed E-state index contributed by atoms with van der Waals surface area (Å²) in [6.45, 7) is 6.82. The van der Waals surface area contributed by atoms with Crippen molar-refractivity contribution < 1.29 is 5.11 Å². The van der Waals surface area contributed by atoms with Crippen molar-refractivity contribution >= 4 is 11.3 Å². The van der Waals surface area contributed by atoms with Gasteiger partial charge in [-0.3, -0.25) is 14.8 Å². The van der Waals surface area contributed by atoms with Crippen LogP contribution in [0.15, 0.2) is 41.4 Å². The Bertz CT molecular complexity index is 668. The number of aromatic nitrogens is 1. The van der Waals surface area contributed by atoms with E-state index in [9.17, 15) is 5.11 Å². The molecule has 2 saturated heterocycles. The molecule has 0 bridgehead atoms. The van der Waals surface area contributed by atoms with Gasteiger partial charge in [-0.15, -0.1) is 0 Å². The lowest BCUT2D eigenvalue weighted by Crippen LogP contribution is -2.53. The molecule has 0 saturated carbocycles. The van der Waals surface area contributed by atoms with Crippen LogP contribution in [0.5, 0.6) is 0 Å². The lowest BCUT2D eigenvalue weighted by Gasteiger charge is -2.51. The fraction of sp³-hybridized carbons (Fsp3) is 0.571. The molecule has 0 aromatic carbocycles. The number of rotatable bonds is 5. The van der Waals surface area contributed by atoms with Crippen LogP contribution in [0.2, 0.25) is 0 Å². The van der Waals surface area contributed by atoms with E-state index in [0.29, 0.717) is 17.9 Å². The summed E-state index contributed by atoms with van der Waals surface area (Å²) in [6, 6.07) is 6.41. The summed E-state index contributed by atoms with van der Waals surface area (Å²) in [6.07, 6.45) is 7.47. The van der Waals surface area contributed by atoms with Crippen molar-refractivity contribution in [2.75, 3.05) is 32.8 Å². The van der Waals surface area contributed by atoms with Crippen LogP contribution >= 0.6 is 11.3 Å². The maximum atomic E-state index is 10.1. The predicted molar refractivity (Wildman–Crippen MR) is 106 cm³/mol. The van der Waals surface area contributed by atoms with Crippen LogP contribution in [0, 0.1) is 11.3 Å². The molecule has 2 aliphatic rings. The number of pyridine rings is 1. The summed E-state index contributed by atoms with van der Waals surface area (Å²) < 4.78 is 0. The van der Waals surface area contributed by atoms with Crippen LogP contribution < -0.4 is 0 Å². The minimum Gasteiger partial charge on any atom is -0.396 e. The third-order valence-corrected chi connectivity index (χ3v) is 7.19. The van der Waals surface area contributed by atoms with E-state index in [1.54, 1.807) is 11.3 Å². The number of aliphatic hydroxyl groups is 1. The molecule has 2 fully saturated rings. The number of hydrogen-bond acceptors (Lipinski definition) is 5. The highest BCUT2D eigenvalue weighted by molar-refractivity contribution is 7.07. The average molecular weight is 372 g/mol. The summed E-state index contributed by atoms with van der Waals surface area (Å²) in [5.41, 5.74) is 3.05. The lowest BCUT2D eigenvalue weighted by atomic mass is 9.64. The molecule has 0 radical (unpaired) electrons. The Hall–Kier alpha value is -1.27. The summed E-state index contributed by atoms with van der Waals surface area (Å²) in [5, 5.41) is 14.5. The van der Waals surface area contributed by atoms with Crippen LogP contribution in [0.25, 0.3) is 0 Å². The Morgan fingerprint density at radius 3 is 2.50 bits per heavy atom. The lowest BCUT2D eigenvalue weighted by molar-refractivity contribution is -0.0449. The first-order valence-corrected chi connectivity index (χ1v) is 10.7. The quantitative estimate of drug-likeness (QED) is 0.876. The summed E-state index contributed by atoms with van der Waals surface area (Å²) in [4.78, 5) is 9.32. The van der Waals surface area contributed by atoms with Crippen LogP contribution in [-0.2, 0) is 13.1 Å². The maximum Gasteiger partial charge on any atom is 0.0476 e. The van der Waals surface area contributed by atoms with Crippen LogP contribution in [0.1, 0.15) is 30.4 Å². The minimum atomic E-state index is 0.322. The van der Waals surface area contributed by atoms with Gasteiger partial charge < -0.3 is 5.11 Å². The van der Waals surface area contributed by atoms with E-state index >= 15 is 0 Å². The zero-order valence-corrected chi connectivity index (χ0v) is 16.2. The molecule has 0 unspecified atom stereocenters. The number of thiophene rings is 1. The molecule has 4 nitrogen and oxygen atoms in total. The highest BCUT2D eigenvalue weighted by Crippen LogP contribution is 2.45. The fourth-order valence-corrected chi connectivity index (χ4v) is 5.44. The van der Waals surface area contributed by atoms with Gasteiger partial charge in [-0.05, 0) is 78.3 Å². The molecule has 1 N–H and O–H groups in total. The van der Waals surface area contributed by atoms with Crippen molar-refractivity contribution in [1.82, 2.24) is 14.8 Å². The second-order valence-corrected chi connectivity index (χ2v) is 8.78. The second-order valence-electron chi connectivity index (χ2n) is 8.00. The van der Waals surface area contributed by atoms with E-state index in [1.807, 2.05) is 18.5 Å². The van der Waals surface area contributed by atoms with Gasteiger partial charge in [-0.25, -0.2) is 0 Å². The van der Waals surface area contributed by atoms with Gasteiger partial charge in [0.15, 0.2) is 0 Å². The summed E-state index contributed by atoms with van der Waals surface area (Å²) >= 11 is 1.77. The van der Waals surface area contributed by atoms with Gasteiger partial charge in [0, 0.05) is 44.6 Å². The molecule has 1 atom stereocenters. The highest BCUT2D eigenvalue weighted by atomic mass is 32.1. The molecule has 2 aliphatic heterocycles. The van der Waals surface area contributed by atoms with E-state index in [1.165, 1.54) is 30.4 Å². The Morgan fingerprint density at radius 1 is 1.08 bits per heavy atom. The fourth-order valence-electron chi connectivity index (χ4n) is 4.78. The topological polar surface area (TPSA) is 39.6 Å². The molecule has 5 heteroatoms. The first kappa shape index (κ1) is 18.1. The largest absolute Gasteiger partial charge is 0.396 e. The highest BCUT2D eigenvalue weighted by Gasteiger charge is 2.44. The van der Waals surface area contributed by atoms with Gasteiger partial charge in [0.05, 0.1) is 0 Å². The van der Waals surface area contributed by atoms with E-state index in [4.69, 9.17) is 0 Å². The monoisotopic (exact) mass is 371 g/mol. The predicted octanol–water partition coefficient (Wildman–Crippen LogP) is 3.24. The third kappa shape index (κ3) is 4.01. The van der Waals surface area contributed by atoms with E-state index in [2.05, 4.69) is 37.7 Å². The van der Waals surface area contributed by atoms with Crippen LogP contribution in [0.3, 0.4) is 0 Å². The van der Waals surface area contributed by atoms with Gasteiger partial charge in [-0.2, -0.15) is 11.3 Å². The van der Waals surface area contributed by atoms with Crippen LogP contribution in [-0.4, -0.2) is 52.7 Å². The Labute approximate surface area is 160 Å². The molecule has 0 aliphatic carbocycles. The van der Waals surface area contributed by atoms with Crippen molar-refractivity contribution in [2.45, 2.75) is 32.4 Å². The van der Waals surface area contributed by atoms with E-state index in [0.717, 1.165) is 39.3 Å². The molecule has 4 rings (SSSR count). The first-order chi connectivity index (χ1) is 12.8. The first-order valence-electron chi connectivity index (χ1n) is 9.73. The zero-order chi connectivity index (χ0) is 17.8. The number of hydrogen-bond donors (Lipinski definition) is 1. The second kappa shape index (κ2) is 8.17. The van der Waals surface area contributed by atoms with Gasteiger partial charge in [-0.1, -0.05) is 6.07 Å². The number of piperidine rings is 2.